The van der Waals surface area contributed by atoms with Crippen molar-refractivity contribution in [1.82, 2.24) is 9.62 Å². The summed E-state index contributed by atoms with van der Waals surface area (Å²) in [6, 6.07) is 5.01. The van der Waals surface area contributed by atoms with E-state index in [2.05, 4.69) is 5.32 Å². The maximum absolute atomic E-state index is 13.4. The molecule has 0 aromatic heterocycles. The molecular formula is C13H14FN3O2S. The largest absolute Gasteiger partial charge is 0.316 e. The molecule has 0 amide bonds. The number of hydrogen-bond acceptors (Lipinski definition) is 4. The molecule has 2 saturated heterocycles. The minimum atomic E-state index is -3.72. The fourth-order valence-electron chi connectivity index (χ4n) is 2.93. The Balaban J connectivity index is 1.93. The number of fused-ring (bicyclic) bond motifs is 1. The molecule has 1 N–H and O–H groups in total. The molecule has 106 valence electrons. The van der Waals surface area contributed by atoms with Crippen LogP contribution in [0.15, 0.2) is 23.1 Å². The Morgan fingerprint density at radius 3 is 2.50 bits per heavy atom. The number of benzene rings is 1. The van der Waals surface area contributed by atoms with Crippen molar-refractivity contribution in [3.63, 3.8) is 0 Å². The van der Waals surface area contributed by atoms with E-state index in [1.807, 2.05) is 0 Å². The van der Waals surface area contributed by atoms with E-state index in [0.29, 0.717) is 24.9 Å². The second-order valence-electron chi connectivity index (χ2n) is 5.29. The molecule has 0 radical (unpaired) electrons. The third-order valence-corrected chi connectivity index (χ3v) is 5.80. The molecular weight excluding hydrogens is 281 g/mol. The average molecular weight is 295 g/mol. The molecule has 0 aliphatic carbocycles. The van der Waals surface area contributed by atoms with Gasteiger partial charge in [-0.3, -0.25) is 0 Å². The summed E-state index contributed by atoms with van der Waals surface area (Å²) in [6.45, 7) is 2.56. The molecule has 1 aromatic rings. The maximum Gasteiger partial charge on any atom is 0.243 e. The van der Waals surface area contributed by atoms with E-state index in [0.717, 1.165) is 25.2 Å². The molecule has 0 bridgehead atoms. The van der Waals surface area contributed by atoms with Gasteiger partial charge >= 0.3 is 0 Å². The van der Waals surface area contributed by atoms with Crippen LogP contribution in [-0.4, -0.2) is 38.9 Å². The monoisotopic (exact) mass is 295 g/mol. The van der Waals surface area contributed by atoms with Gasteiger partial charge in [0, 0.05) is 13.1 Å². The lowest BCUT2D eigenvalue weighted by molar-refractivity contribution is 0.447. The zero-order valence-corrected chi connectivity index (χ0v) is 11.5. The molecule has 2 aliphatic rings. The molecule has 2 fully saturated rings. The predicted molar refractivity (Wildman–Crippen MR) is 69.7 cm³/mol. The van der Waals surface area contributed by atoms with Gasteiger partial charge < -0.3 is 5.32 Å². The molecule has 0 unspecified atom stereocenters. The second-order valence-corrected chi connectivity index (χ2v) is 7.23. The summed E-state index contributed by atoms with van der Waals surface area (Å²) < 4.78 is 39.9. The van der Waals surface area contributed by atoms with Crippen molar-refractivity contribution in [1.29, 1.82) is 5.26 Å². The van der Waals surface area contributed by atoms with E-state index in [1.165, 1.54) is 10.4 Å². The Morgan fingerprint density at radius 2 is 1.90 bits per heavy atom. The van der Waals surface area contributed by atoms with Gasteiger partial charge in [-0.15, -0.1) is 0 Å². The SMILES string of the molecule is N#Cc1cc(F)cc(S(=O)(=O)N2C[C@H]3CNC[C@H]3C2)c1. The van der Waals surface area contributed by atoms with Gasteiger partial charge in [0.1, 0.15) is 5.82 Å². The average Bonchev–Trinajstić information content (AvgIpc) is 2.98. The molecule has 0 spiro atoms. The molecule has 2 aliphatic heterocycles. The molecule has 2 heterocycles. The van der Waals surface area contributed by atoms with E-state index in [1.54, 1.807) is 6.07 Å². The first-order chi connectivity index (χ1) is 9.50. The van der Waals surface area contributed by atoms with Crippen molar-refractivity contribution in [2.45, 2.75) is 4.90 Å². The van der Waals surface area contributed by atoms with Crippen LogP contribution >= 0.6 is 0 Å². The van der Waals surface area contributed by atoms with Gasteiger partial charge in [0.15, 0.2) is 0 Å². The zero-order chi connectivity index (χ0) is 14.3. The Morgan fingerprint density at radius 1 is 1.25 bits per heavy atom. The first-order valence-electron chi connectivity index (χ1n) is 6.42. The predicted octanol–water partition coefficient (Wildman–Crippen LogP) is 0.537. The van der Waals surface area contributed by atoms with E-state index < -0.39 is 15.8 Å². The molecule has 3 rings (SSSR count). The van der Waals surface area contributed by atoms with E-state index >= 15 is 0 Å². The van der Waals surface area contributed by atoms with E-state index in [4.69, 9.17) is 5.26 Å². The summed E-state index contributed by atoms with van der Waals surface area (Å²) >= 11 is 0. The first-order valence-corrected chi connectivity index (χ1v) is 7.86. The van der Waals surface area contributed by atoms with Crippen molar-refractivity contribution in [3.8, 4) is 6.07 Å². The lowest BCUT2D eigenvalue weighted by Gasteiger charge is -2.17. The molecule has 20 heavy (non-hydrogen) atoms. The number of nitrogens with zero attached hydrogens (tertiary/aromatic N) is 2. The molecule has 2 atom stereocenters. The van der Waals surface area contributed by atoms with Crippen LogP contribution in [0, 0.1) is 29.0 Å². The van der Waals surface area contributed by atoms with Gasteiger partial charge in [-0.1, -0.05) is 0 Å². The van der Waals surface area contributed by atoms with Crippen LogP contribution in [0.25, 0.3) is 0 Å². The van der Waals surface area contributed by atoms with Crippen molar-refractivity contribution < 1.29 is 12.8 Å². The zero-order valence-electron chi connectivity index (χ0n) is 10.7. The van der Waals surface area contributed by atoms with E-state index in [-0.39, 0.29) is 10.5 Å². The summed E-state index contributed by atoms with van der Waals surface area (Å²) in [7, 11) is -3.72. The summed E-state index contributed by atoms with van der Waals surface area (Å²) in [5, 5.41) is 12.1. The van der Waals surface area contributed by atoms with Gasteiger partial charge in [0.25, 0.3) is 0 Å². The van der Waals surface area contributed by atoms with Gasteiger partial charge in [-0.2, -0.15) is 9.57 Å². The lowest BCUT2D eigenvalue weighted by atomic mass is 10.0. The fraction of sp³-hybridized carbons (Fsp3) is 0.462. The van der Waals surface area contributed by atoms with Gasteiger partial charge in [0.2, 0.25) is 10.0 Å². The van der Waals surface area contributed by atoms with Crippen molar-refractivity contribution in [2.24, 2.45) is 11.8 Å². The number of nitrogens with one attached hydrogen (secondary N) is 1. The quantitative estimate of drug-likeness (QED) is 0.864. The topological polar surface area (TPSA) is 73.2 Å². The molecule has 1 aromatic carbocycles. The highest BCUT2D eigenvalue weighted by atomic mass is 32.2. The third kappa shape index (κ3) is 2.20. The minimum Gasteiger partial charge on any atom is -0.316 e. The second kappa shape index (κ2) is 4.81. The minimum absolute atomic E-state index is 0.0182. The Bertz CT molecular complexity index is 671. The highest BCUT2D eigenvalue weighted by Gasteiger charge is 2.41. The van der Waals surface area contributed by atoms with Crippen LogP contribution in [0.5, 0.6) is 0 Å². The third-order valence-electron chi connectivity index (χ3n) is 3.99. The Labute approximate surface area is 117 Å². The highest BCUT2D eigenvalue weighted by molar-refractivity contribution is 7.89. The Hall–Kier alpha value is -1.49. The first kappa shape index (κ1) is 13.5. The van der Waals surface area contributed by atoms with Crippen LogP contribution < -0.4 is 5.32 Å². The van der Waals surface area contributed by atoms with Crippen LogP contribution in [0.3, 0.4) is 0 Å². The Kier molecular flexibility index (Phi) is 3.24. The van der Waals surface area contributed by atoms with Gasteiger partial charge in [0.05, 0.1) is 16.5 Å². The van der Waals surface area contributed by atoms with Crippen molar-refractivity contribution in [3.05, 3.63) is 29.6 Å². The van der Waals surface area contributed by atoms with Crippen LogP contribution in [0.2, 0.25) is 0 Å². The van der Waals surface area contributed by atoms with Crippen molar-refractivity contribution >= 4 is 10.0 Å². The summed E-state index contributed by atoms with van der Waals surface area (Å²) in [5.41, 5.74) is 0.0182. The fourth-order valence-corrected chi connectivity index (χ4v) is 4.54. The standard InChI is InChI=1S/C13H14FN3O2S/c14-12-1-9(4-15)2-13(3-12)20(18,19)17-7-10-5-16-6-11(10)8-17/h1-3,10-11,16H,5-8H2/t10-,11+. The smallest absolute Gasteiger partial charge is 0.243 e. The number of nitriles is 1. The van der Waals surface area contributed by atoms with Crippen LogP contribution in [0.4, 0.5) is 4.39 Å². The number of sulfonamides is 1. The number of hydrogen-bond donors (Lipinski definition) is 1. The lowest BCUT2D eigenvalue weighted by Crippen LogP contribution is -2.32. The molecule has 7 heteroatoms. The maximum atomic E-state index is 13.4. The number of halogens is 1. The highest BCUT2D eigenvalue weighted by Crippen LogP contribution is 2.31. The normalized spacial score (nSPS) is 26.4. The molecule has 0 saturated carbocycles. The summed E-state index contributed by atoms with van der Waals surface area (Å²) in [4.78, 5) is -0.137. The summed E-state index contributed by atoms with van der Waals surface area (Å²) in [6.07, 6.45) is 0. The number of rotatable bonds is 2. The van der Waals surface area contributed by atoms with Crippen LogP contribution in [0.1, 0.15) is 5.56 Å². The molecule has 5 nitrogen and oxygen atoms in total. The van der Waals surface area contributed by atoms with E-state index in [9.17, 15) is 12.8 Å². The van der Waals surface area contributed by atoms with Gasteiger partial charge in [-0.05, 0) is 43.1 Å². The summed E-state index contributed by atoms with van der Waals surface area (Å²) in [5.74, 6) is -0.0498. The van der Waals surface area contributed by atoms with Crippen molar-refractivity contribution in [2.75, 3.05) is 26.2 Å². The van der Waals surface area contributed by atoms with Gasteiger partial charge in [-0.25, -0.2) is 12.8 Å². The van der Waals surface area contributed by atoms with Crippen LogP contribution in [-0.2, 0) is 10.0 Å².